The van der Waals surface area contributed by atoms with Crippen molar-refractivity contribution < 1.29 is 0 Å². The highest BCUT2D eigenvalue weighted by Crippen LogP contribution is 1.99. The molecule has 1 heteroatoms. The molecule has 0 aliphatic carbocycles. The molecule has 0 aromatic carbocycles. The number of hydrogen-bond acceptors (Lipinski definition) is 1. The molecule has 0 saturated carbocycles. The van der Waals surface area contributed by atoms with Gasteiger partial charge in [-0.3, -0.25) is 0 Å². The van der Waals surface area contributed by atoms with E-state index in [1.807, 2.05) is 18.4 Å². The smallest absolute Gasteiger partial charge is 0.0291 e. The van der Waals surface area contributed by atoms with Crippen LogP contribution in [-0.2, 0) is 0 Å². The minimum atomic E-state index is 1.59. The van der Waals surface area contributed by atoms with Crippen molar-refractivity contribution in [1.82, 2.24) is 0 Å². The van der Waals surface area contributed by atoms with Gasteiger partial charge >= 0.3 is 0 Å². The maximum absolute atomic E-state index is 3.51. The van der Waals surface area contributed by atoms with Gasteiger partial charge in [0.05, 0.1) is 0 Å². The molecule has 0 fully saturated rings. The van der Waals surface area contributed by atoms with Crippen molar-refractivity contribution in [3.63, 3.8) is 0 Å². The fraction of sp³-hybridized carbons (Fsp3) is 0.200. The van der Waals surface area contributed by atoms with Crippen molar-refractivity contribution >= 4 is 11.8 Å². The summed E-state index contributed by atoms with van der Waals surface area (Å²) in [6.45, 7) is 5.49. The van der Waals surface area contributed by atoms with Crippen LogP contribution in [0.3, 0.4) is 0 Å². The lowest BCUT2D eigenvalue weighted by atomic mass is 10.8. The first kappa shape index (κ1) is 5.83. The molecule has 0 spiro atoms. The molecule has 0 N–H and O–H groups in total. The standard InChI is InChI=1S/C5H8S/c1-3-5-6-4-2/h3-5H,2H2,1H3. The predicted octanol–water partition coefficient (Wildman–Crippen LogP) is 2.40. The Morgan fingerprint density at radius 3 is 2.50 bits per heavy atom. The molecule has 34 valence electrons. The van der Waals surface area contributed by atoms with Crippen molar-refractivity contribution in [2.24, 2.45) is 0 Å². The van der Waals surface area contributed by atoms with Crippen molar-refractivity contribution in [3.8, 4) is 0 Å². The summed E-state index contributed by atoms with van der Waals surface area (Å²) in [5, 5.41) is 3.77. The molecule has 0 unspecified atom stereocenters. The highest BCUT2D eigenvalue weighted by molar-refractivity contribution is 8.04. The molecule has 0 atom stereocenters. The Kier molecular flexibility index (Phi) is 4.69. The van der Waals surface area contributed by atoms with Gasteiger partial charge in [0.1, 0.15) is 0 Å². The van der Waals surface area contributed by atoms with Crippen LogP contribution in [0.1, 0.15) is 6.92 Å². The van der Waals surface area contributed by atoms with Gasteiger partial charge in [-0.25, -0.2) is 0 Å². The lowest BCUT2D eigenvalue weighted by Gasteiger charge is -1.70. The van der Waals surface area contributed by atoms with E-state index in [4.69, 9.17) is 0 Å². The Morgan fingerprint density at radius 2 is 2.33 bits per heavy atom. The second kappa shape index (κ2) is 4.83. The molecular formula is C5H8S. The SMILES string of the molecule is C=CSC=CC. The highest BCUT2D eigenvalue weighted by atomic mass is 32.2. The summed E-state index contributed by atoms with van der Waals surface area (Å²) in [4.78, 5) is 0. The van der Waals surface area contributed by atoms with E-state index in [1.165, 1.54) is 0 Å². The van der Waals surface area contributed by atoms with E-state index >= 15 is 0 Å². The molecule has 0 aliphatic heterocycles. The Bertz CT molecular complexity index is 55.0. The van der Waals surface area contributed by atoms with Gasteiger partial charge in [-0.2, -0.15) is 0 Å². The number of rotatable bonds is 2. The van der Waals surface area contributed by atoms with Gasteiger partial charge in [-0.1, -0.05) is 12.7 Å². The van der Waals surface area contributed by atoms with E-state index in [0.29, 0.717) is 0 Å². The Hall–Kier alpha value is -0.170. The van der Waals surface area contributed by atoms with E-state index < -0.39 is 0 Å². The average molecular weight is 100 g/mol. The molecule has 0 aromatic heterocycles. The van der Waals surface area contributed by atoms with E-state index in [0.717, 1.165) is 0 Å². The molecule has 6 heavy (non-hydrogen) atoms. The summed E-state index contributed by atoms with van der Waals surface area (Å²) in [6.07, 6.45) is 1.98. The van der Waals surface area contributed by atoms with Crippen LogP contribution in [0.25, 0.3) is 0 Å². The van der Waals surface area contributed by atoms with Gasteiger partial charge in [0.2, 0.25) is 0 Å². The quantitative estimate of drug-likeness (QED) is 0.513. The molecule has 0 saturated heterocycles. The maximum atomic E-state index is 3.51. The van der Waals surface area contributed by atoms with Crippen molar-refractivity contribution in [2.75, 3.05) is 0 Å². The molecular weight excluding hydrogens is 92.1 g/mol. The van der Waals surface area contributed by atoms with Crippen molar-refractivity contribution in [1.29, 1.82) is 0 Å². The largest absolute Gasteiger partial charge is 0.107 e. The van der Waals surface area contributed by atoms with Gasteiger partial charge in [0, 0.05) is 0 Å². The Morgan fingerprint density at radius 1 is 1.67 bits per heavy atom. The summed E-state index contributed by atoms with van der Waals surface area (Å²) in [5.74, 6) is 0. The highest BCUT2D eigenvalue weighted by Gasteiger charge is 1.57. The number of allylic oxidation sites excluding steroid dienone is 1. The van der Waals surface area contributed by atoms with E-state index in [2.05, 4.69) is 6.58 Å². The monoisotopic (exact) mass is 100 g/mol. The van der Waals surface area contributed by atoms with E-state index in [9.17, 15) is 0 Å². The lowest BCUT2D eigenvalue weighted by Crippen LogP contribution is -1.34. The summed E-state index contributed by atoms with van der Waals surface area (Å²) in [5.41, 5.74) is 0. The lowest BCUT2D eigenvalue weighted by molar-refractivity contribution is 1.79. The molecule has 0 heterocycles. The van der Waals surface area contributed by atoms with Gasteiger partial charge < -0.3 is 0 Å². The van der Waals surface area contributed by atoms with E-state index in [1.54, 1.807) is 17.2 Å². The van der Waals surface area contributed by atoms with Crippen LogP contribution in [-0.4, -0.2) is 0 Å². The van der Waals surface area contributed by atoms with Crippen LogP contribution in [0, 0.1) is 0 Å². The zero-order valence-corrected chi connectivity index (χ0v) is 4.66. The third-order valence-electron chi connectivity index (χ3n) is 0.311. The summed E-state index contributed by atoms with van der Waals surface area (Å²) in [6, 6.07) is 0. The first-order valence-corrected chi connectivity index (χ1v) is 2.73. The van der Waals surface area contributed by atoms with Crippen LogP contribution in [0.15, 0.2) is 23.5 Å². The molecule has 0 bridgehead atoms. The Labute approximate surface area is 42.9 Å². The number of hydrogen-bond donors (Lipinski definition) is 0. The van der Waals surface area contributed by atoms with Crippen molar-refractivity contribution in [2.45, 2.75) is 6.92 Å². The van der Waals surface area contributed by atoms with Crippen LogP contribution in [0.4, 0.5) is 0 Å². The van der Waals surface area contributed by atoms with Gasteiger partial charge in [0.25, 0.3) is 0 Å². The third kappa shape index (κ3) is 3.83. The van der Waals surface area contributed by atoms with Crippen LogP contribution in [0.5, 0.6) is 0 Å². The molecule has 0 aliphatic rings. The zero-order valence-electron chi connectivity index (χ0n) is 3.85. The first-order chi connectivity index (χ1) is 2.91. The van der Waals surface area contributed by atoms with Crippen LogP contribution < -0.4 is 0 Å². The van der Waals surface area contributed by atoms with Gasteiger partial charge in [-0.05, 0) is 17.7 Å². The minimum absolute atomic E-state index is 1.59. The fourth-order valence-corrected chi connectivity index (χ4v) is 0.402. The summed E-state index contributed by atoms with van der Waals surface area (Å²) >= 11 is 1.59. The number of thioether (sulfide) groups is 1. The molecule has 0 rings (SSSR count). The first-order valence-electron chi connectivity index (χ1n) is 1.79. The van der Waals surface area contributed by atoms with Gasteiger partial charge in [-0.15, -0.1) is 11.8 Å². The topological polar surface area (TPSA) is 0 Å². The summed E-state index contributed by atoms with van der Waals surface area (Å²) in [7, 11) is 0. The summed E-state index contributed by atoms with van der Waals surface area (Å²) < 4.78 is 0. The molecule has 0 aromatic rings. The second-order valence-corrected chi connectivity index (χ2v) is 1.65. The van der Waals surface area contributed by atoms with Crippen LogP contribution in [0.2, 0.25) is 0 Å². The average Bonchev–Trinajstić information content (AvgIpc) is 1.61. The third-order valence-corrected chi connectivity index (χ3v) is 0.933. The van der Waals surface area contributed by atoms with Gasteiger partial charge in [0.15, 0.2) is 0 Å². The van der Waals surface area contributed by atoms with E-state index in [-0.39, 0.29) is 0 Å². The fourth-order valence-electron chi connectivity index (χ4n) is 0.134. The molecule has 0 nitrogen and oxygen atoms in total. The minimum Gasteiger partial charge on any atom is -0.107 e. The predicted molar refractivity (Wildman–Crippen MR) is 32.6 cm³/mol. The second-order valence-electron chi connectivity index (χ2n) is 0.772. The molecule has 0 amide bonds. The maximum Gasteiger partial charge on any atom is -0.0291 e. The zero-order chi connectivity index (χ0) is 4.83. The normalized spacial score (nSPS) is 9.50. The Balaban J connectivity index is 2.85. The van der Waals surface area contributed by atoms with Crippen LogP contribution >= 0.6 is 11.8 Å². The van der Waals surface area contributed by atoms with Crippen molar-refractivity contribution in [3.05, 3.63) is 23.5 Å². The molecule has 0 radical (unpaired) electrons.